The molecular formula is C10H13N3O2. The van der Waals surface area contributed by atoms with Crippen LogP contribution in [0.2, 0.25) is 0 Å². The van der Waals surface area contributed by atoms with Gasteiger partial charge in [-0.3, -0.25) is 0 Å². The molecule has 1 fully saturated rings. The molecule has 0 aromatic heterocycles. The second-order valence-electron chi connectivity index (χ2n) is 3.72. The largest absolute Gasteiger partial charge is 0.478 e. The highest BCUT2D eigenvalue weighted by Gasteiger charge is 2.28. The van der Waals surface area contributed by atoms with Gasteiger partial charge in [0.15, 0.2) is 0 Å². The van der Waals surface area contributed by atoms with Crippen molar-refractivity contribution in [3.05, 3.63) is 23.8 Å². The van der Waals surface area contributed by atoms with Crippen LogP contribution in [-0.4, -0.2) is 17.1 Å². The average molecular weight is 207 g/mol. The van der Waals surface area contributed by atoms with E-state index in [-0.39, 0.29) is 5.56 Å². The molecule has 0 aliphatic heterocycles. The third kappa shape index (κ3) is 1.87. The molecule has 5 heteroatoms. The van der Waals surface area contributed by atoms with Crippen LogP contribution in [0.15, 0.2) is 18.2 Å². The minimum atomic E-state index is -0.972. The van der Waals surface area contributed by atoms with Crippen LogP contribution in [0.1, 0.15) is 23.2 Å². The maximum absolute atomic E-state index is 10.8. The fourth-order valence-corrected chi connectivity index (χ4v) is 1.45. The van der Waals surface area contributed by atoms with Gasteiger partial charge in [-0.25, -0.2) is 10.6 Å². The highest BCUT2D eigenvalue weighted by atomic mass is 16.4. The van der Waals surface area contributed by atoms with Crippen LogP contribution in [0.3, 0.4) is 0 Å². The second kappa shape index (κ2) is 3.43. The zero-order valence-corrected chi connectivity index (χ0v) is 8.18. The SMILES string of the molecule is Nc1ccc(C(=O)O)cc1N(N)C1CC1. The Kier molecular flexibility index (Phi) is 2.24. The van der Waals surface area contributed by atoms with Crippen molar-refractivity contribution >= 4 is 17.3 Å². The lowest BCUT2D eigenvalue weighted by Gasteiger charge is -2.20. The molecule has 15 heavy (non-hydrogen) atoms. The molecule has 0 amide bonds. The van der Waals surface area contributed by atoms with Gasteiger partial charge in [0.2, 0.25) is 0 Å². The van der Waals surface area contributed by atoms with Crippen molar-refractivity contribution in [2.75, 3.05) is 10.7 Å². The number of carboxylic acid groups (broad SMARTS) is 1. The molecule has 0 atom stereocenters. The number of hydrogen-bond donors (Lipinski definition) is 3. The van der Waals surface area contributed by atoms with Crippen molar-refractivity contribution in [3.8, 4) is 0 Å². The van der Waals surface area contributed by atoms with E-state index in [0.29, 0.717) is 17.4 Å². The Morgan fingerprint density at radius 3 is 2.67 bits per heavy atom. The molecule has 2 rings (SSSR count). The predicted octanol–water partition coefficient (Wildman–Crippen LogP) is 0.809. The minimum Gasteiger partial charge on any atom is -0.478 e. The Bertz CT molecular complexity index is 402. The normalized spacial score (nSPS) is 15.0. The maximum atomic E-state index is 10.8. The number of hydrazine groups is 1. The lowest BCUT2D eigenvalue weighted by Crippen LogP contribution is -2.33. The molecule has 0 bridgehead atoms. The van der Waals surface area contributed by atoms with Gasteiger partial charge >= 0.3 is 5.97 Å². The minimum absolute atomic E-state index is 0.204. The number of hydrogen-bond acceptors (Lipinski definition) is 4. The molecule has 5 nitrogen and oxygen atoms in total. The van der Waals surface area contributed by atoms with Crippen molar-refractivity contribution in [3.63, 3.8) is 0 Å². The van der Waals surface area contributed by atoms with Gasteiger partial charge in [-0.15, -0.1) is 0 Å². The van der Waals surface area contributed by atoms with Gasteiger partial charge < -0.3 is 15.8 Å². The topological polar surface area (TPSA) is 92.6 Å². The van der Waals surface area contributed by atoms with Crippen LogP contribution < -0.4 is 16.6 Å². The second-order valence-corrected chi connectivity index (χ2v) is 3.72. The number of benzene rings is 1. The summed E-state index contributed by atoms with van der Waals surface area (Å²) in [5.74, 6) is 4.86. The molecule has 1 aromatic rings. The quantitative estimate of drug-likeness (QED) is 0.387. The van der Waals surface area contributed by atoms with E-state index in [9.17, 15) is 4.79 Å². The first kappa shape index (κ1) is 9.79. The van der Waals surface area contributed by atoms with E-state index in [0.717, 1.165) is 12.8 Å². The number of carbonyl (C=O) groups is 1. The molecule has 5 N–H and O–H groups in total. The molecule has 80 valence electrons. The van der Waals surface area contributed by atoms with Crippen LogP contribution in [0.25, 0.3) is 0 Å². The van der Waals surface area contributed by atoms with Crippen LogP contribution >= 0.6 is 0 Å². The molecule has 0 radical (unpaired) electrons. The van der Waals surface area contributed by atoms with Gasteiger partial charge in [0.1, 0.15) is 0 Å². The Morgan fingerprint density at radius 2 is 2.13 bits per heavy atom. The van der Waals surface area contributed by atoms with Gasteiger partial charge in [-0.05, 0) is 31.0 Å². The fraction of sp³-hybridized carbons (Fsp3) is 0.300. The number of nitrogens with zero attached hydrogens (tertiary/aromatic N) is 1. The molecule has 1 aliphatic rings. The van der Waals surface area contributed by atoms with Crippen molar-refractivity contribution in [2.45, 2.75) is 18.9 Å². The number of nitrogens with two attached hydrogens (primary N) is 2. The van der Waals surface area contributed by atoms with E-state index in [4.69, 9.17) is 16.7 Å². The van der Waals surface area contributed by atoms with E-state index < -0.39 is 5.97 Å². The van der Waals surface area contributed by atoms with E-state index in [2.05, 4.69) is 0 Å². The Balaban J connectivity index is 2.35. The van der Waals surface area contributed by atoms with Gasteiger partial charge in [0, 0.05) is 6.04 Å². The molecule has 0 unspecified atom stereocenters. The first-order valence-corrected chi connectivity index (χ1v) is 4.76. The van der Waals surface area contributed by atoms with Crippen LogP contribution in [0.5, 0.6) is 0 Å². The monoisotopic (exact) mass is 207 g/mol. The van der Waals surface area contributed by atoms with Gasteiger partial charge in [-0.1, -0.05) is 0 Å². The van der Waals surface area contributed by atoms with E-state index in [1.165, 1.54) is 12.1 Å². The third-order valence-corrected chi connectivity index (χ3v) is 2.50. The number of rotatable bonds is 3. The summed E-state index contributed by atoms with van der Waals surface area (Å²) in [6.07, 6.45) is 2.07. The molecule has 0 spiro atoms. The first-order chi connectivity index (χ1) is 7.09. The number of anilines is 2. The summed E-state index contributed by atoms with van der Waals surface area (Å²) in [6, 6.07) is 4.86. The van der Waals surface area contributed by atoms with Crippen molar-refractivity contribution in [2.24, 2.45) is 5.84 Å². The van der Waals surface area contributed by atoms with Gasteiger partial charge in [0.05, 0.1) is 16.9 Å². The van der Waals surface area contributed by atoms with E-state index in [1.54, 1.807) is 11.1 Å². The zero-order valence-electron chi connectivity index (χ0n) is 8.18. The number of carboxylic acids is 1. The highest BCUT2D eigenvalue weighted by molar-refractivity contribution is 5.90. The van der Waals surface area contributed by atoms with Crippen molar-refractivity contribution < 1.29 is 9.90 Å². The summed E-state index contributed by atoms with van der Waals surface area (Å²) >= 11 is 0. The average Bonchev–Trinajstić information content (AvgIpc) is 3.00. The van der Waals surface area contributed by atoms with Crippen LogP contribution in [-0.2, 0) is 0 Å². The predicted molar refractivity (Wildman–Crippen MR) is 57.5 cm³/mol. The van der Waals surface area contributed by atoms with Gasteiger partial charge in [0.25, 0.3) is 0 Å². The molecule has 0 heterocycles. The third-order valence-electron chi connectivity index (χ3n) is 2.50. The highest BCUT2D eigenvalue weighted by Crippen LogP contribution is 2.32. The smallest absolute Gasteiger partial charge is 0.335 e. The first-order valence-electron chi connectivity index (χ1n) is 4.76. The maximum Gasteiger partial charge on any atom is 0.335 e. The standard InChI is InChI=1S/C10H13N3O2/c11-8-4-1-6(10(14)15)5-9(8)13(12)7-2-3-7/h1,4-5,7H,2-3,11-12H2,(H,14,15). The van der Waals surface area contributed by atoms with Crippen molar-refractivity contribution in [1.29, 1.82) is 0 Å². The lowest BCUT2D eigenvalue weighted by atomic mass is 10.1. The van der Waals surface area contributed by atoms with Gasteiger partial charge in [-0.2, -0.15) is 0 Å². The van der Waals surface area contributed by atoms with E-state index >= 15 is 0 Å². The lowest BCUT2D eigenvalue weighted by molar-refractivity contribution is 0.0697. The summed E-state index contributed by atoms with van der Waals surface area (Å²) < 4.78 is 0. The summed E-state index contributed by atoms with van der Waals surface area (Å²) in [4.78, 5) is 10.8. The molecule has 1 aromatic carbocycles. The van der Waals surface area contributed by atoms with Crippen molar-refractivity contribution in [1.82, 2.24) is 0 Å². The number of aromatic carboxylic acids is 1. The van der Waals surface area contributed by atoms with Crippen LogP contribution in [0, 0.1) is 0 Å². The number of nitrogen functional groups attached to an aromatic ring is 1. The fourth-order valence-electron chi connectivity index (χ4n) is 1.45. The molecular weight excluding hydrogens is 194 g/mol. The Morgan fingerprint density at radius 1 is 1.47 bits per heavy atom. The Labute approximate surface area is 87.3 Å². The summed E-state index contributed by atoms with van der Waals surface area (Å²) in [5, 5.41) is 10.4. The summed E-state index contributed by atoms with van der Waals surface area (Å²) in [7, 11) is 0. The molecule has 0 saturated heterocycles. The summed E-state index contributed by atoms with van der Waals surface area (Å²) in [6.45, 7) is 0. The zero-order chi connectivity index (χ0) is 11.0. The van der Waals surface area contributed by atoms with Crippen LogP contribution in [0.4, 0.5) is 11.4 Å². The Hall–Kier alpha value is -1.75. The summed E-state index contributed by atoms with van der Waals surface area (Å²) in [5.41, 5.74) is 7.05. The molecule has 1 saturated carbocycles. The molecule has 1 aliphatic carbocycles. The van der Waals surface area contributed by atoms with E-state index in [1.807, 2.05) is 0 Å².